The van der Waals surface area contributed by atoms with E-state index in [1.54, 1.807) is 0 Å². The summed E-state index contributed by atoms with van der Waals surface area (Å²) in [5.74, 6) is 0.398. The van der Waals surface area contributed by atoms with Crippen molar-refractivity contribution >= 4 is 22.8 Å². The van der Waals surface area contributed by atoms with E-state index in [-0.39, 0.29) is 11.3 Å². The average molecular weight is 243 g/mol. The smallest absolute Gasteiger partial charge is 0.321 e. The summed E-state index contributed by atoms with van der Waals surface area (Å²) in [5, 5.41) is 0.249. The Morgan fingerprint density at radius 1 is 1.12 bits per heavy atom. The van der Waals surface area contributed by atoms with Crippen LogP contribution in [0.15, 0.2) is 0 Å². The van der Waals surface area contributed by atoms with Gasteiger partial charge >= 0.3 is 6.01 Å². The molecule has 0 bridgehead atoms. The lowest BCUT2D eigenvalue weighted by molar-refractivity contribution is 0.292. The van der Waals surface area contributed by atoms with E-state index in [1.165, 1.54) is 0 Å². The maximum atomic E-state index is 5.75. The van der Waals surface area contributed by atoms with E-state index in [1.807, 2.05) is 13.8 Å². The highest BCUT2D eigenvalue weighted by atomic mass is 35.5. The van der Waals surface area contributed by atoms with Gasteiger partial charge in [-0.05, 0) is 25.4 Å². The summed E-state index contributed by atoms with van der Waals surface area (Å²) in [7, 11) is 0. The maximum Gasteiger partial charge on any atom is 0.321 e. The van der Waals surface area contributed by atoms with E-state index in [2.05, 4.69) is 19.9 Å². The Kier molecular flexibility index (Phi) is 3.09. The fraction of sp³-hybridized carbons (Fsp3) is 0.444. The number of H-pyrrole nitrogens is 1. The Bertz CT molecular complexity index is 499. The zero-order chi connectivity index (χ0) is 11.5. The van der Waals surface area contributed by atoms with Crippen LogP contribution in [-0.4, -0.2) is 33.1 Å². The van der Waals surface area contributed by atoms with Gasteiger partial charge in [-0.15, -0.1) is 0 Å². The third-order valence-electron chi connectivity index (χ3n) is 1.82. The van der Waals surface area contributed by atoms with Crippen LogP contribution in [-0.2, 0) is 0 Å². The molecule has 0 aliphatic carbocycles. The third kappa shape index (κ3) is 2.01. The highest BCUT2D eigenvalue weighted by molar-refractivity contribution is 6.29. The van der Waals surface area contributed by atoms with Gasteiger partial charge in [-0.1, -0.05) is 0 Å². The van der Waals surface area contributed by atoms with E-state index in [4.69, 9.17) is 21.1 Å². The van der Waals surface area contributed by atoms with Gasteiger partial charge in [0.1, 0.15) is 5.52 Å². The lowest BCUT2D eigenvalue weighted by atomic mass is 10.5. The van der Waals surface area contributed by atoms with Crippen LogP contribution < -0.4 is 9.47 Å². The first-order valence-corrected chi connectivity index (χ1v) is 5.31. The maximum absolute atomic E-state index is 5.75. The van der Waals surface area contributed by atoms with Gasteiger partial charge in [0.25, 0.3) is 0 Å². The molecular formula is C9H11ClN4O2. The van der Waals surface area contributed by atoms with E-state index in [0.717, 1.165) is 0 Å². The zero-order valence-corrected chi connectivity index (χ0v) is 9.71. The Morgan fingerprint density at radius 2 is 1.88 bits per heavy atom. The number of nitrogens with zero attached hydrogens (tertiary/aromatic N) is 3. The molecule has 2 aromatic heterocycles. The van der Waals surface area contributed by atoms with E-state index >= 15 is 0 Å². The van der Waals surface area contributed by atoms with Crippen molar-refractivity contribution in [2.24, 2.45) is 0 Å². The number of aromatic nitrogens is 4. The van der Waals surface area contributed by atoms with Crippen molar-refractivity contribution < 1.29 is 9.47 Å². The molecule has 1 N–H and O–H groups in total. The fourth-order valence-corrected chi connectivity index (χ4v) is 1.43. The SMILES string of the molecule is CCOc1nc(OCC)c2[nH]c(Cl)nc2n1. The first-order valence-electron chi connectivity index (χ1n) is 4.93. The molecule has 0 aromatic carbocycles. The van der Waals surface area contributed by atoms with Crippen molar-refractivity contribution in [3.63, 3.8) is 0 Å². The van der Waals surface area contributed by atoms with Crippen LogP contribution in [0.25, 0.3) is 11.2 Å². The summed E-state index contributed by atoms with van der Waals surface area (Å²) in [6, 6.07) is 0.238. The van der Waals surface area contributed by atoms with Crippen molar-refractivity contribution in [2.45, 2.75) is 13.8 Å². The minimum Gasteiger partial charge on any atom is -0.476 e. The molecule has 0 amide bonds. The van der Waals surface area contributed by atoms with Crippen molar-refractivity contribution in [3.8, 4) is 11.9 Å². The van der Waals surface area contributed by atoms with E-state index in [9.17, 15) is 0 Å². The van der Waals surface area contributed by atoms with Gasteiger partial charge in [0.15, 0.2) is 5.65 Å². The molecule has 0 atom stereocenters. The molecule has 0 unspecified atom stereocenters. The molecular weight excluding hydrogens is 232 g/mol. The molecule has 7 heteroatoms. The van der Waals surface area contributed by atoms with Crippen molar-refractivity contribution in [2.75, 3.05) is 13.2 Å². The topological polar surface area (TPSA) is 72.9 Å². The molecule has 16 heavy (non-hydrogen) atoms. The fourth-order valence-electron chi connectivity index (χ4n) is 1.26. The molecule has 2 rings (SSSR count). The van der Waals surface area contributed by atoms with Crippen LogP contribution >= 0.6 is 11.6 Å². The number of hydrogen-bond acceptors (Lipinski definition) is 5. The summed E-state index contributed by atoms with van der Waals surface area (Å²) in [5.41, 5.74) is 1.02. The molecule has 0 aliphatic heterocycles. The van der Waals surface area contributed by atoms with Gasteiger partial charge in [-0.3, -0.25) is 0 Å². The van der Waals surface area contributed by atoms with Crippen LogP contribution in [0.3, 0.4) is 0 Å². The average Bonchev–Trinajstić information content (AvgIpc) is 2.60. The molecule has 2 aromatic rings. The standard InChI is InChI=1S/C9H11ClN4O2/c1-3-15-7-5-6(12-8(10)11-5)13-9(14-7)16-4-2/h3-4H2,1-2H3,(H,11,12,13,14). The predicted molar refractivity (Wildman–Crippen MR) is 59.0 cm³/mol. The molecule has 6 nitrogen and oxygen atoms in total. The van der Waals surface area contributed by atoms with Gasteiger partial charge in [0.2, 0.25) is 11.2 Å². The van der Waals surface area contributed by atoms with Gasteiger partial charge in [0.05, 0.1) is 13.2 Å². The third-order valence-corrected chi connectivity index (χ3v) is 2.00. The second-order valence-electron chi connectivity index (χ2n) is 2.90. The van der Waals surface area contributed by atoms with Crippen molar-refractivity contribution in [1.29, 1.82) is 0 Å². The molecule has 86 valence electrons. The highest BCUT2D eigenvalue weighted by Gasteiger charge is 2.13. The summed E-state index contributed by atoms with van der Waals surface area (Å²) >= 11 is 5.75. The second kappa shape index (κ2) is 4.52. The van der Waals surface area contributed by atoms with Crippen molar-refractivity contribution in [3.05, 3.63) is 5.28 Å². The van der Waals surface area contributed by atoms with E-state index < -0.39 is 0 Å². The van der Waals surface area contributed by atoms with Gasteiger partial charge in [-0.25, -0.2) is 0 Å². The lowest BCUT2D eigenvalue weighted by Crippen LogP contribution is -2.02. The molecule has 0 radical (unpaired) electrons. The summed E-state index contributed by atoms with van der Waals surface area (Å²) < 4.78 is 10.6. The number of imidazole rings is 1. The van der Waals surface area contributed by atoms with Gasteiger partial charge in [-0.2, -0.15) is 15.0 Å². The van der Waals surface area contributed by atoms with Crippen LogP contribution in [0.5, 0.6) is 11.9 Å². The van der Waals surface area contributed by atoms with Gasteiger partial charge < -0.3 is 14.5 Å². The minimum absolute atomic E-state index is 0.238. The van der Waals surface area contributed by atoms with Crippen LogP contribution in [0.1, 0.15) is 13.8 Å². The number of rotatable bonds is 4. The first kappa shape index (κ1) is 10.9. The second-order valence-corrected chi connectivity index (χ2v) is 3.26. The summed E-state index contributed by atoms with van der Waals surface area (Å²) in [6.45, 7) is 4.70. The number of aromatic amines is 1. The summed E-state index contributed by atoms with van der Waals surface area (Å²) in [6.07, 6.45) is 0. The number of halogens is 1. The van der Waals surface area contributed by atoms with Crippen molar-refractivity contribution in [1.82, 2.24) is 19.9 Å². The monoisotopic (exact) mass is 242 g/mol. The zero-order valence-electron chi connectivity index (χ0n) is 8.95. The number of nitrogens with one attached hydrogen (secondary N) is 1. The quantitative estimate of drug-likeness (QED) is 0.828. The molecule has 0 saturated carbocycles. The molecule has 0 aliphatic rings. The Balaban J connectivity index is 2.53. The number of ether oxygens (including phenoxy) is 2. The van der Waals surface area contributed by atoms with Crippen LogP contribution in [0.4, 0.5) is 0 Å². The Hall–Kier alpha value is -1.56. The summed E-state index contributed by atoms with van der Waals surface area (Å²) in [4.78, 5) is 15.0. The molecule has 2 heterocycles. The Labute approximate surface area is 97.0 Å². The van der Waals surface area contributed by atoms with Gasteiger partial charge in [0, 0.05) is 0 Å². The number of hydrogen-bond donors (Lipinski definition) is 1. The largest absolute Gasteiger partial charge is 0.476 e. The highest BCUT2D eigenvalue weighted by Crippen LogP contribution is 2.24. The molecule has 0 fully saturated rings. The van der Waals surface area contributed by atoms with Crippen LogP contribution in [0.2, 0.25) is 5.28 Å². The Morgan fingerprint density at radius 3 is 2.56 bits per heavy atom. The predicted octanol–water partition coefficient (Wildman–Crippen LogP) is 1.80. The minimum atomic E-state index is 0.238. The first-order chi connectivity index (χ1) is 7.74. The molecule has 0 saturated heterocycles. The molecule has 0 spiro atoms. The lowest BCUT2D eigenvalue weighted by Gasteiger charge is -2.05. The van der Waals surface area contributed by atoms with E-state index in [0.29, 0.717) is 30.3 Å². The normalized spacial score (nSPS) is 10.7. The van der Waals surface area contributed by atoms with Crippen LogP contribution in [0, 0.1) is 0 Å². The number of fused-ring (bicyclic) bond motifs is 1.